The predicted octanol–water partition coefficient (Wildman–Crippen LogP) is -7.24. The first-order chi connectivity index (χ1) is 9.11. The molecular weight excluding hydrogens is 332 g/mol. The molecule has 0 aliphatic rings. The van der Waals surface area contributed by atoms with Crippen molar-refractivity contribution < 1.29 is 86.8 Å². The molecule has 0 aliphatic carbocycles. The van der Waals surface area contributed by atoms with Crippen LogP contribution in [0.3, 0.4) is 0 Å². The zero-order valence-corrected chi connectivity index (χ0v) is 17.7. The van der Waals surface area contributed by atoms with E-state index in [1.165, 1.54) is 0 Å². The molecule has 0 aromatic heterocycles. The Morgan fingerprint density at radius 2 is 1.64 bits per heavy atom. The summed E-state index contributed by atoms with van der Waals surface area (Å²) in [5.74, 6) is -4.09. The summed E-state index contributed by atoms with van der Waals surface area (Å²) in [6.07, 6.45) is 0. The van der Waals surface area contributed by atoms with Gasteiger partial charge in [0.05, 0.1) is 12.0 Å². The Morgan fingerprint density at radius 1 is 1.18 bits per heavy atom. The van der Waals surface area contributed by atoms with Gasteiger partial charge in [-0.05, 0) is 30.5 Å². The number of hydrogen-bond donors (Lipinski definition) is 1. The summed E-state index contributed by atoms with van der Waals surface area (Å²) in [4.78, 5) is 22.5. The van der Waals surface area contributed by atoms with E-state index in [-0.39, 0.29) is 59.1 Å². The van der Waals surface area contributed by atoms with Gasteiger partial charge in [0.2, 0.25) is 5.91 Å². The maximum Gasteiger partial charge on any atom is 1.00 e. The van der Waals surface area contributed by atoms with Crippen LogP contribution in [0.4, 0.5) is 0 Å². The normalized spacial score (nSPS) is 11.6. The molecule has 0 saturated carbocycles. The predicted molar refractivity (Wildman–Crippen MR) is 66.4 cm³/mol. The van der Waals surface area contributed by atoms with E-state index in [2.05, 4.69) is 0 Å². The molecule has 10 heteroatoms. The van der Waals surface area contributed by atoms with Crippen LogP contribution in [0, 0.1) is 13.8 Å². The number of hydrogen-bond acceptors (Lipinski definition) is 6. The Balaban J connectivity index is 0. The number of nitrogens with one attached hydrogen (secondary N) is 1. The number of rotatable bonds is 5. The molecule has 1 aromatic carbocycles. The molecule has 0 fully saturated rings. The monoisotopic (exact) mass is 345 g/mol. The van der Waals surface area contributed by atoms with Crippen LogP contribution in [0.1, 0.15) is 22.7 Å². The molecule has 110 valence electrons. The van der Waals surface area contributed by atoms with Crippen molar-refractivity contribution in [2.24, 2.45) is 0 Å². The maximum atomic E-state index is 11.4. The minimum atomic E-state index is -4.77. The molecule has 0 radical (unpaired) electrons. The minimum Gasteiger partial charge on any atom is -0.748 e. The number of carbonyl (C=O) groups excluding carboxylic acids is 2. The smallest absolute Gasteiger partial charge is 0.748 e. The van der Waals surface area contributed by atoms with Crippen molar-refractivity contribution in [2.45, 2.75) is 19.9 Å². The van der Waals surface area contributed by atoms with Gasteiger partial charge in [0, 0.05) is 0 Å². The van der Waals surface area contributed by atoms with Crippen LogP contribution in [-0.4, -0.2) is 30.6 Å². The summed E-state index contributed by atoms with van der Waals surface area (Å²) in [5.41, 5.74) is 1.51. The van der Waals surface area contributed by atoms with E-state index in [4.69, 9.17) is 0 Å². The zero-order chi connectivity index (χ0) is 15.5. The third-order valence-corrected chi connectivity index (χ3v) is 3.30. The number of aryl methyl sites for hydroxylation is 2. The first-order valence-corrected chi connectivity index (χ1v) is 7.19. The van der Waals surface area contributed by atoms with Crippen LogP contribution in [0.25, 0.3) is 0 Å². The van der Waals surface area contributed by atoms with E-state index in [0.717, 1.165) is 0 Å². The molecule has 0 aliphatic heterocycles. The van der Waals surface area contributed by atoms with Gasteiger partial charge in [-0.25, -0.2) is 8.42 Å². The Kier molecular flexibility index (Phi) is 11.1. The summed E-state index contributed by atoms with van der Waals surface area (Å²) >= 11 is 0. The van der Waals surface area contributed by atoms with Gasteiger partial charge in [-0.3, -0.25) is 4.79 Å². The van der Waals surface area contributed by atoms with Crippen molar-refractivity contribution in [3.63, 3.8) is 0 Å². The fraction of sp³-hybridized carbons (Fsp3) is 0.333. The van der Waals surface area contributed by atoms with Crippen LogP contribution in [-0.2, 0) is 19.7 Å². The van der Waals surface area contributed by atoms with Gasteiger partial charge in [0.15, 0.2) is 0 Å². The molecule has 1 amide bonds. The number of carboxylic acid groups (broad SMARTS) is 1. The topological polar surface area (TPSA) is 126 Å². The maximum absolute atomic E-state index is 11.4. The molecule has 1 atom stereocenters. The number of benzene rings is 1. The van der Waals surface area contributed by atoms with E-state index < -0.39 is 33.8 Å². The summed E-state index contributed by atoms with van der Waals surface area (Å²) in [7, 11) is -4.77. The Bertz CT molecular complexity index is 627. The van der Waals surface area contributed by atoms with Gasteiger partial charge in [-0.1, -0.05) is 18.2 Å². The van der Waals surface area contributed by atoms with Gasteiger partial charge in [0.1, 0.15) is 15.9 Å². The van der Waals surface area contributed by atoms with Gasteiger partial charge in [-0.2, -0.15) is 0 Å². The Labute approximate surface area is 173 Å². The van der Waals surface area contributed by atoms with E-state index in [1.807, 2.05) is 5.32 Å². The van der Waals surface area contributed by atoms with E-state index in [1.54, 1.807) is 32.0 Å². The number of carbonyl (C=O) groups is 2. The second-order valence-electron chi connectivity index (χ2n) is 4.33. The van der Waals surface area contributed by atoms with Crippen LogP contribution < -0.4 is 69.5 Å². The van der Waals surface area contributed by atoms with E-state index in [0.29, 0.717) is 16.7 Å². The molecule has 1 unspecified atom stereocenters. The fourth-order valence-corrected chi connectivity index (χ4v) is 2.30. The third kappa shape index (κ3) is 7.56. The zero-order valence-electron chi connectivity index (χ0n) is 12.9. The second kappa shape index (κ2) is 10.0. The van der Waals surface area contributed by atoms with Crippen molar-refractivity contribution in [1.29, 1.82) is 0 Å². The third-order valence-electron chi connectivity index (χ3n) is 2.68. The summed E-state index contributed by atoms with van der Waals surface area (Å²) in [6.45, 7) is 3.30. The van der Waals surface area contributed by atoms with Gasteiger partial charge in [0.25, 0.3) is 0 Å². The number of aliphatic carboxylic acids is 1. The quantitative estimate of drug-likeness (QED) is 0.417. The van der Waals surface area contributed by atoms with Crippen LogP contribution >= 0.6 is 0 Å². The summed E-state index contributed by atoms with van der Waals surface area (Å²) in [5, 5.41) is 13.1. The molecular formula is C12H13NNa2O6S. The van der Waals surface area contributed by atoms with Gasteiger partial charge >= 0.3 is 59.1 Å². The standard InChI is InChI=1S/C12H15NO6S.2Na/c1-7-4-3-5-8(2)10(7)11(12(15)16)13-9(14)6-20(17,18)19;;/h3-5,11H,6H2,1-2H3,(H,13,14)(H,15,16)(H,17,18,19);;/q;2*+1/p-2. The van der Waals surface area contributed by atoms with Crippen LogP contribution in [0.5, 0.6) is 0 Å². The SMILES string of the molecule is Cc1cccc(C)c1C(NC(=O)CS(=O)(=O)[O-])C(=O)[O-].[Na+].[Na+]. The van der Waals surface area contributed by atoms with Crippen molar-refractivity contribution in [2.75, 3.05) is 5.75 Å². The van der Waals surface area contributed by atoms with Crippen molar-refractivity contribution >= 4 is 22.0 Å². The number of amides is 1. The Hall–Kier alpha value is 0.0700. The second-order valence-corrected chi connectivity index (χ2v) is 5.73. The number of carboxylic acids is 1. The first-order valence-electron chi connectivity index (χ1n) is 5.61. The molecule has 0 bridgehead atoms. The van der Waals surface area contributed by atoms with Crippen LogP contribution in [0.2, 0.25) is 0 Å². The van der Waals surface area contributed by atoms with Crippen molar-refractivity contribution in [3.05, 3.63) is 34.9 Å². The molecule has 0 heterocycles. The molecule has 0 spiro atoms. The average Bonchev–Trinajstić information content (AvgIpc) is 2.24. The fourth-order valence-electron chi connectivity index (χ4n) is 1.89. The van der Waals surface area contributed by atoms with Crippen LogP contribution in [0.15, 0.2) is 18.2 Å². The summed E-state index contributed by atoms with van der Waals surface area (Å²) in [6, 6.07) is 3.50. The van der Waals surface area contributed by atoms with E-state index in [9.17, 15) is 27.7 Å². The van der Waals surface area contributed by atoms with E-state index >= 15 is 0 Å². The molecule has 1 rings (SSSR count). The van der Waals surface area contributed by atoms with Gasteiger partial charge in [-0.15, -0.1) is 0 Å². The van der Waals surface area contributed by atoms with Gasteiger partial charge < -0.3 is 19.8 Å². The van der Waals surface area contributed by atoms with Crippen molar-refractivity contribution in [3.8, 4) is 0 Å². The molecule has 1 N–H and O–H groups in total. The van der Waals surface area contributed by atoms with Crippen molar-refractivity contribution in [1.82, 2.24) is 5.32 Å². The molecule has 1 aromatic rings. The molecule has 0 saturated heterocycles. The first kappa shape index (κ1) is 24.3. The molecule has 7 nitrogen and oxygen atoms in total. The Morgan fingerprint density at radius 3 is 2.00 bits per heavy atom. The molecule has 22 heavy (non-hydrogen) atoms. The summed E-state index contributed by atoms with van der Waals surface area (Å²) < 4.78 is 31.5. The average molecular weight is 345 g/mol. The minimum absolute atomic E-state index is 0. The largest absolute Gasteiger partial charge is 1.00 e.